The van der Waals surface area contributed by atoms with Gasteiger partial charge in [0.1, 0.15) is 11.4 Å². The first-order valence-electron chi connectivity index (χ1n) is 11.6. The van der Waals surface area contributed by atoms with Crippen molar-refractivity contribution >= 4 is 29.5 Å². The minimum atomic E-state index is -0.647. The Morgan fingerprint density at radius 3 is 2.53 bits per heavy atom. The van der Waals surface area contributed by atoms with Crippen LogP contribution in [0.1, 0.15) is 43.5 Å². The van der Waals surface area contributed by atoms with Crippen LogP contribution in [0.25, 0.3) is 0 Å². The average Bonchev–Trinajstić information content (AvgIpc) is 2.82. The van der Waals surface area contributed by atoms with E-state index < -0.39 is 28.8 Å². The number of non-ortho nitro benzene ring substituents is 1. The minimum absolute atomic E-state index is 0.0903. The van der Waals surface area contributed by atoms with Gasteiger partial charge in [0.05, 0.1) is 24.2 Å². The topological polar surface area (TPSA) is 111 Å². The van der Waals surface area contributed by atoms with Crippen molar-refractivity contribution in [2.24, 2.45) is 0 Å². The van der Waals surface area contributed by atoms with E-state index in [9.17, 15) is 19.7 Å². The Hall–Kier alpha value is -3.37. The van der Waals surface area contributed by atoms with Crippen LogP contribution >= 0.6 is 11.6 Å². The van der Waals surface area contributed by atoms with Gasteiger partial charge in [-0.25, -0.2) is 9.59 Å². The molecule has 2 aliphatic heterocycles. The van der Waals surface area contributed by atoms with E-state index in [-0.39, 0.29) is 24.6 Å². The largest absolute Gasteiger partial charge is 0.444 e. The molecule has 1 unspecified atom stereocenters. The maximum atomic E-state index is 13.0. The molecule has 2 aliphatic rings. The Bertz CT molecular complexity index is 1160. The summed E-state index contributed by atoms with van der Waals surface area (Å²) in [5.41, 5.74) is 1.94. The molecular weight excluding hydrogens is 490 g/mol. The lowest BCUT2D eigenvalue weighted by Crippen LogP contribution is -2.46. The lowest BCUT2D eigenvalue weighted by Gasteiger charge is -2.39. The van der Waals surface area contributed by atoms with Crippen molar-refractivity contribution in [3.05, 3.63) is 68.2 Å². The van der Waals surface area contributed by atoms with Crippen molar-refractivity contribution in [1.29, 1.82) is 0 Å². The van der Waals surface area contributed by atoms with Crippen LogP contribution in [-0.2, 0) is 22.4 Å². The summed E-state index contributed by atoms with van der Waals surface area (Å²) in [7, 11) is 0. The summed E-state index contributed by atoms with van der Waals surface area (Å²) in [4.78, 5) is 39.4. The molecule has 2 heterocycles. The van der Waals surface area contributed by atoms with Gasteiger partial charge in [0.2, 0.25) is 0 Å². The quantitative estimate of drug-likeness (QED) is 0.410. The van der Waals surface area contributed by atoms with Crippen LogP contribution < -0.4 is 4.74 Å². The maximum Gasteiger partial charge on any atom is 0.415 e. The molecule has 2 aromatic rings. The van der Waals surface area contributed by atoms with E-state index in [1.165, 1.54) is 24.3 Å². The zero-order valence-corrected chi connectivity index (χ0v) is 21.1. The van der Waals surface area contributed by atoms with Gasteiger partial charge in [-0.05, 0) is 68.1 Å². The van der Waals surface area contributed by atoms with Gasteiger partial charge in [-0.15, -0.1) is 0 Å². The standard InChI is InChI=1S/C25H28ClN3O7/c1-25(2,3)36-24(31)28-10-11-34-15-22(28)20-13-17(26)12-16-8-9-27(14-21(16)20)23(30)35-19-6-4-18(5-7-19)29(32)33/h4-7,12-13,22H,8-11,14-15H2,1-3H3. The zero-order chi connectivity index (χ0) is 26.0. The second kappa shape index (κ2) is 10.3. The summed E-state index contributed by atoms with van der Waals surface area (Å²) in [6.45, 7) is 7.15. The van der Waals surface area contributed by atoms with Crippen LogP contribution in [-0.4, -0.2) is 58.8 Å². The number of morpholine rings is 1. The number of carbonyl (C=O) groups excluding carboxylic acids is 2. The number of ether oxygens (including phenoxy) is 3. The molecule has 2 amide bonds. The first-order chi connectivity index (χ1) is 17.0. The molecule has 1 fully saturated rings. The van der Waals surface area contributed by atoms with Gasteiger partial charge in [-0.3, -0.25) is 15.0 Å². The highest BCUT2D eigenvalue weighted by molar-refractivity contribution is 6.30. The number of nitro benzene ring substituents is 1. The second-order valence-corrected chi connectivity index (χ2v) is 10.1. The number of benzene rings is 2. The lowest BCUT2D eigenvalue weighted by molar-refractivity contribution is -0.384. The third-order valence-electron chi connectivity index (χ3n) is 5.97. The number of hydrogen-bond donors (Lipinski definition) is 0. The van der Waals surface area contributed by atoms with Gasteiger partial charge in [0.15, 0.2) is 0 Å². The molecule has 0 saturated carbocycles. The van der Waals surface area contributed by atoms with Crippen molar-refractivity contribution < 1.29 is 28.7 Å². The van der Waals surface area contributed by atoms with E-state index in [0.717, 1.165) is 16.7 Å². The molecule has 1 saturated heterocycles. The minimum Gasteiger partial charge on any atom is -0.444 e. The van der Waals surface area contributed by atoms with E-state index in [4.69, 9.17) is 25.8 Å². The van der Waals surface area contributed by atoms with E-state index >= 15 is 0 Å². The van der Waals surface area contributed by atoms with E-state index in [1.807, 2.05) is 32.9 Å². The molecule has 36 heavy (non-hydrogen) atoms. The third-order valence-corrected chi connectivity index (χ3v) is 6.19. The molecule has 0 aromatic heterocycles. The van der Waals surface area contributed by atoms with E-state index in [1.54, 1.807) is 9.80 Å². The molecule has 4 rings (SSSR count). The second-order valence-electron chi connectivity index (χ2n) is 9.69. The fraction of sp³-hybridized carbons (Fsp3) is 0.440. The Balaban J connectivity index is 1.57. The van der Waals surface area contributed by atoms with E-state index in [2.05, 4.69) is 0 Å². The Labute approximate surface area is 213 Å². The van der Waals surface area contributed by atoms with Crippen molar-refractivity contribution in [3.8, 4) is 5.75 Å². The van der Waals surface area contributed by atoms with Crippen LogP contribution in [0.3, 0.4) is 0 Å². The summed E-state index contributed by atoms with van der Waals surface area (Å²) in [5, 5.41) is 11.4. The van der Waals surface area contributed by atoms with Crippen molar-refractivity contribution in [2.45, 2.75) is 45.4 Å². The summed E-state index contributed by atoms with van der Waals surface area (Å²) in [5.74, 6) is 0.213. The number of fused-ring (bicyclic) bond motifs is 1. The Morgan fingerprint density at radius 1 is 1.14 bits per heavy atom. The van der Waals surface area contributed by atoms with Crippen LogP contribution in [0.4, 0.5) is 15.3 Å². The van der Waals surface area contributed by atoms with Gasteiger partial charge in [-0.2, -0.15) is 0 Å². The number of nitrogens with zero attached hydrogens (tertiary/aromatic N) is 3. The fourth-order valence-electron chi connectivity index (χ4n) is 4.31. The van der Waals surface area contributed by atoms with E-state index in [0.29, 0.717) is 31.1 Å². The van der Waals surface area contributed by atoms with Crippen molar-refractivity contribution in [2.75, 3.05) is 26.3 Å². The molecule has 0 radical (unpaired) electrons. The number of amides is 2. The number of nitro groups is 1. The highest BCUT2D eigenvalue weighted by atomic mass is 35.5. The number of halogens is 1. The molecule has 0 spiro atoms. The summed E-state index contributed by atoms with van der Waals surface area (Å²) in [6, 6.07) is 8.59. The number of rotatable bonds is 3. The normalized spacial score (nSPS) is 17.8. The van der Waals surface area contributed by atoms with Crippen LogP contribution in [0.5, 0.6) is 5.75 Å². The van der Waals surface area contributed by atoms with Crippen molar-refractivity contribution in [3.63, 3.8) is 0 Å². The first-order valence-corrected chi connectivity index (χ1v) is 12.0. The highest BCUT2D eigenvalue weighted by Gasteiger charge is 2.35. The summed E-state index contributed by atoms with van der Waals surface area (Å²) >= 11 is 6.45. The van der Waals surface area contributed by atoms with Crippen molar-refractivity contribution in [1.82, 2.24) is 9.80 Å². The van der Waals surface area contributed by atoms with Gasteiger partial charge >= 0.3 is 12.2 Å². The summed E-state index contributed by atoms with van der Waals surface area (Å²) in [6.07, 6.45) is -0.452. The van der Waals surface area contributed by atoms with Crippen LogP contribution in [0.15, 0.2) is 36.4 Å². The number of carbonyl (C=O) groups is 2. The molecule has 0 bridgehead atoms. The first kappa shape index (κ1) is 25.7. The molecule has 10 nitrogen and oxygen atoms in total. The predicted molar refractivity (Wildman–Crippen MR) is 131 cm³/mol. The fourth-order valence-corrected chi connectivity index (χ4v) is 4.56. The zero-order valence-electron chi connectivity index (χ0n) is 20.4. The van der Waals surface area contributed by atoms with Gasteiger partial charge < -0.3 is 19.1 Å². The van der Waals surface area contributed by atoms with Crippen LogP contribution in [0.2, 0.25) is 5.02 Å². The average molecular weight is 518 g/mol. The molecule has 11 heteroatoms. The third kappa shape index (κ3) is 5.88. The van der Waals surface area contributed by atoms with Crippen LogP contribution in [0, 0.1) is 10.1 Å². The monoisotopic (exact) mass is 517 g/mol. The smallest absolute Gasteiger partial charge is 0.415 e. The molecule has 192 valence electrons. The molecule has 1 atom stereocenters. The molecule has 0 N–H and O–H groups in total. The number of hydrogen-bond acceptors (Lipinski definition) is 7. The molecule has 2 aromatic carbocycles. The Morgan fingerprint density at radius 2 is 1.86 bits per heavy atom. The Kier molecular flexibility index (Phi) is 7.37. The molecule has 0 aliphatic carbocycles. The van der Waals surface area contributed by atoms with Gasteiger partial charge in [-0.1, -0.05) is 11.6 Å². The van der Waals surface area contributed by atoms with Gasteiger partial charge in [0, 0.05) is 36.8 Å². The van der Waals surface area contributed by atoms with Gasteiger partial charge in [0.25, 0.3) is 5.69 Å². The summed E-state index contributed by atoms with van der Waals surface area (Å²) < 4.78 is 16.8. The highest BCUT2D eigenvalue weighted by Crippen LogP contribution is 2.35. The SMILES string of the molecule is CC(C)(C)OC(=O)N1CCOCC1c1cc(Cl)cc2c1CN(C(=O)Oc1ccc([N+](=O)[O-])cc1)CC2. The lowest BCUT2D eigenvalue weighted by atomic mass is 9.90. The predicted octanol–water partition coefficient (Wildman–Crippen LogP) is 5.11. The molecular formula is C25H28ClN3O7. The maximum absolute atomic E-state index is 13.0.